The molecule has 1 aliphatic heterocycles. The second-order valence-corrected chi connectivity index (χ2v) is 8.33. The summed E-state index contributed by atoms with van der Waals surface area (Å²) in [4.78, 5) is 8.59. The van der Waals surface area contributed by atoms with E-state index >= 15 is 0 Å². The van der Waals surface area contributed by atoms with E-state index in [0.717, 1.165) is 5.69 Å². The van der Waals surface area contributed by atoms with Crippen LogP contribution in [0.5, 0.6) is 5.75 Å². The third kappa shape index (κ3) is 4.40. The molecule has 0 bridgehead atoms. The van der Waals surface area contributed by atoms with E-state index in [9.17, 15) is 13.2 Å². The van der Waals surface area contributed by atoms with Gasteiger partial charge in [-0.05, 0) is 38.9 Å². The van der Waals surface area contributed by atoms with Gasteiger partial charge in [0.1, 0.15) is 23.9 Å². The number of pyridine rings is 1. The third-order valence-corrected chi connectivity index (χ3v) is 5.58. The van der Waals surface area contributed by atoms with E-state index in [1.54, 1.807) is 41.9 Å². The molecular weight excluding hydrogens is 449 g/mol. The molecule has 1 fully saturated rings. The number of aryl methyl sites for hydroxylation is 2. The minimum atomic E-state index is -2.89. The van der Waals surface area contributed by atoms with Crippen LogP contribution in [-0.2, 0) is 0 Å². The Kier molecular flexibility index (Phi) is 5.60. The van der Waals surface area contributed by atoms with Gasteiger partial charge in [-0.25, -0.2) is 18.9 Å². The maximum atomic E-state index is 14.7. The molecule has 0 aliphatic carbocycles. The Labute approximate surface area is 193 Å². The molecule has 0 spiro atoms. The Bertz CT molecular complexity index is 1310. The minimum Gasteiger partial charge on any atom is -0.486 e. The first kappa shape index (κ1) is 22.1. The zero-order valence-electron chi connectivity index (χ0n) is 18.6. The number of hydrogen-bond donors (Lipinski definition) is 2. The SMILES string of the molecule is Cc1cc(Nc2cc3cc(-c4c(OC[C@@]5(F)CCNC5)cnn4C(F)F)ccn3n2)nc(C)n1. The first-order chi connectivity index (χ1) is 16.3. The van der Waals surface area contributed by atoms with E-state index in [1.807, 2.05) is 6.92 Å². The van der Waals surface area contributed by atoms with E-state index in [-0.39, 0.29) is 24.6 Å². The quantitative estimate of drug-likeness (QED) is 0.422. The summed E-state index contributed by atoms with van der Waals surface area (Å²) >= 11 is 0. The Morgan fingerprint density at radius 3 is 2.79 bits per heavy atom. The molecular formula is C22H23F3N8O. The topological polar surface area (TPSA) is 94.2 Å². The molecule has 34 heavy (non-hydrogen) atoms. The van der Waals surface area contributed by atoms with Crippen LogP contribution in [-0.4, -0.2) is 54.7 Å². The number of rotatable bonds is 7. The number of alkyl halides is 3. The summed E-state index contributed by atoms with van der Waals surface area (Å²) in [7, 11) is 0. The number of hydrogen-bond acceptors (Lipinski definition) is 7. The highest BCUT2D eigenvalue weighted by Crippen LogP contribution is 2.35. The first-order valence-electron chi connectivity index (χ1n) is 10.8. The van der Waals surface area contributed by atoms with E-state index < -0.39 is 12.2 Å². The Morgan fingerprint density at radius 1 is 1.21 bits per heavy atom. The maximum Gasteiger partial charge on any atom is 0.333 e. The van der Waals surface area contributed by atoms with Crippen molar-refractivity contribution in [1.29, 1.82) is 0 Å². The summed E-state index contributed by atoms with van der Waals surface area (Å²) in [5.74, 6) is 1.85. The molecule has 1 aliphatic rings. The maximum absolute atomic E-state index is 14.7. The minimum absolute atomic E-state index is 0.0739. The Morgan fingerprint density at radius 2 is 2.06 bits per heavy atom. The van der Waals surface area contributed by atoms with Gasteiger partial charge in [-0.3, -0.25) is 0 Å². The van der Waals surface area contributed by atoms with Crippen molar-refractivity contribution in [2.45, 2.75) is 32.5 Å². The highest BCUT2D eigenvalue weighted by atomic mass is 19.3. The molecule has 0 unspecified atom stereocenters. The van der Waals surface area contributed by atoms with Crippen LogP contribution in [0.3, 0.4) is 0 Å². The second kappa shape index (κ2) is 8.60. The molecule has 0 radical (unpaired) electrons. The predicted octanol–water partition coefficient (Wildman–Crippen LogP) is 3.82. The van der Waals surface area contributed by atoms with Gasteiger partial charge in [0.25, 0.3) is 0 Å². The number of halogens is 3. The summed E-state index contributed by atoms with van der Waals surface area (Å²) in [6.07, 6.45) is 3.14. The second-order valence-electron chi connectivity index (χ2n) is 8.33. The lowest BCUT2D eigenvalue weighted by atomic mass is 10.1. The number of nitrogens with zero attached hydrogens (tertiary/aromatic N) is 6. The van der Waals surface area contributed by atoms with Gasteiger partial charge in [-0.15, -0.1) is 0 Å². The van der Waals surface area contributed by atoms with Gasteiger partial charge >= 0.3 is 6.55 Å². The molecule has 178 valence electrons. The normalized spacial score (nSPS) is 18.2. The van der Waals surface area contributed by atoms with Crippen molar-refractivity contribution in [2.24, 2.45) is 0 Å². The van der Waals surface area contributed by atoms with E-state index in [4.69, 9.17) is 4.74 Å². The summed E-state index contributed by atoms with van der Waals surface area (Å²) in [5.41, 5.74) is 0.440. The van der Waals surface area contributed by atoms with E-state index in [1.165, 1.54) is 6.20 Å². The molecule has 1 saturated heterocycles. The number of anilines is 2. The van der Waals surface area contributed by atoms with Crippen LogP contribution in [0.25, 0.3) is 16.8 Å². The number of ether oxygens (including phenoxy) is 1. The van der Waals surface area contributed by atoms with Crippen molar-refractivity contribution in [3.8, 4) is 17.0 Å². The van der Waals surface area contributed by atoms with Crippen LogP contribution in [0.15, 0.2) is 36.7 Å². The Hall–Kier alpha value is -3.67. The molecule has 2 N–H and O–H groups in total. The van der Waals surface area contributed by atoms with Crippen LogP contribution < -0.4 is 15.4 Å². The molecule has 1 atom stereocenters. The van der Waals surface area contributed by atoms with Crippen molar-refractivity contribution in [3.63, 3.8) is 0 Å². The highest BCUT2D eigenvalue weighted by molar-refractivity contribution is 5.73. The van der Waals surface area contributed by atoms with E-state index in [2.05, 4.69) is 30.8 Å². The van der Waals surface area contributed by atoms with Gasteiger partial charge in [0.2, 0.25) is 0 Å². The fraction of sp³-hybridized carbons (Fsp3) is 0.364. The molecule has 5 rings (SSSR count). The van der Waals surface area contributed by atoms with Crippen LogP contribution in [0, 0.1) is 13.8 Å². The molecule has 4 aromatic rings. The van der Waals surface area contributed by atoms with Gasteiger partial charge in [0.15, 0.2) is 17.2 Å². The summed E-state index contributed by atoms with van der Waals surface area (Å²) in [5, 5.41) is 14.3. The number of aromatic nitrogens is 6. The van der Waals surface area contributed by atoms with E-state index in [0.29, 0.717) is 46.2 Å². The summed E-state index contributed by atoms with van der Waals surface area (Å²) in [6.45, 7) is 1.24. The molecule has 4 aromatic heterocycles. The van der Waals surface area contributed by atoms with Gasteiger partial charge < -0.3 is 15.4 Å². The van der Waals surface area contributed by atoms with Crippen LogP contribution in [0.4, 0.5) is 24.8 Å². The lowest BCUT2D eigenvalue weighted by molar-refractivity contribution is 0.0579. The van der Waals surface area contributed by atoms with Crippen molar-refractivity contribution in [2.75, 3.05) is 25.0 Å². The smallest absolute Gasteiger partial charge is 0.333 e. The lowest BCUT2D eigenvalue weighted by Crippen LogP contribution is -2.33. The highest BCUT2D eigenvalue weighted by Gasteiger charge is 2.35. The average molecular weight is 472 g/mol. The Balaban J connectivity index is 1.45. The van der Waals surface area contributed by atoms with Crippen molar-refractivity contribution in [3.05, 3.63) is 48.2 Å². The van der Waals surface area contributed by atoms with Crippen LogP contribution in [0.2, 0.25) is 0 Å². The molecule has 0 amide bonds. The largest absolute Gasteiger partial charge is 0.486 e. The molecule has 5 heterocycles. The van der Waals surface area contributed by atoms with Crippen molar-refractivity contribution < 1.29 is 17.9 Å². The molecule has 12 heteroatoms. The monoisotopic (exact) mass is 472 g/mol. The first-order valence-corrected chi connectivity index (χ1v) is 10.8. The van der Waals surface area contributed by atoms with Gasteiger partial charge in [0.05, 0.1) is 11.7 Å². The van der Waals surface area contributed by atoms with Crippen molar-refractivity contribution >= 4 is 17.2 Å². The van der Waals surface area contributed by atoms with Crippen molar-refractivity contribution in [1.82, 2.24) is 34.7 Å². The molecule has 9 nitrogen and oxygen atoms in total. The van der Waals surface area contributed by atoms with Gasteiger partial charge in [-0.2, -0.15) is 23.7 Å². The fourth-order valence-electron chi connectivity index (χ4n) is 4.03. The lowest BCUT2D eigenvalue weighted by Gasteiger charge is -2.19. The number of fused-ring (bicyclic) bond motifs is 1. The standard InChI is InChI=1S/C22H23F3N8O/c1-13-7-18(29-14(2)28-13)30-19-9-16-8-15(3-6-32(16)31-19)20-17(10-27-33(20)21(23)24)34-12-22(25)4-5-26-11-22/h3,6-10,21,26H,4-5,11-12H2,1-2H3,(H,28,29,30,31)/t22-/m1/s1. The number of nitrogens with one attached hydrogen (secondary N) is 2. The fourth-order valence-corrected chi connectivity index (χ4v) is 4.03. The molecule has 0 saturated carbocycles. The summed E-state index contributed by atoms with van der Waals surface area (Å²) in [6, 6.07) is 6.89. The van der Waals surface area contributed by atoms with Gasteiger partial charge in [-0.1, -0.05) is 0 Å². The predicted molar refractivity (Wildman–Crippen MR) is 119 cm³/mol. The molecule has 0 aromatic carbocycles. The summed E-state index contributed by atoms with van der Waals surface area (Å²) < 4.78 is 50.0. The zero-order chi connectivity index (χ0) is 23.9. The average Bonchev–Trinajstić information content (AvgIpc) is 3.48. The zero-order valence-corrected chi connectivity index (χ0v) is 18.6. The van der Waals surface area contributed by atoms with Crippen LogP contribution >= 0.6 is 0 Å². The van der Waals surface area contributed by atoms with Crippen LogP contribution in [0.1, 0.15) is 24.5 Å². The third-order valence-electron chi connectivity index (χ3n) is 5.58. The van der Waals surface area contributed by atoms with Gasteiger partial charge in [0, 0.05) is 36.1 Å².